The second kappa shape index (κ2) is 4.85. The molecule has 0 spiro atoms. The molecule has 0 N–H and O–H groups in total. The molecule has 6 heteroatoms. The van der Waals surface area contributed by atoms with Crippen LogP contribution in [0.15, 0.2) is 33.2 Å². The van der Waals surface area contributed by atoms with E-state index in [1.54, 1.807) is 18.2 Å². The lowest BCUT2D eigenvalue weighted by atomic mass is 10.1. The van der Waals surface area contributed by atoms with E-state index in [2.05, 4.69) is 15.9 Å². The van der Waals surface area contributed by atoms with Gasteiger partial charge in [-0.3, -0.25) is 9.59 Å². The van der Waals surface area contributed by atoms with Gasteiger partial charge in [0.2, 0.25) is 11.6 Å². The van der Waals surface area contributed by atoms with Crippen LogP contribution >= 0.6 is 15.9 Å². The third kappa shape index (κ3) is 3.07. The van der Waals surface area contributed by atoms with E-state index in [1.165, 1.54) is 6.07 Å². The molecule has 2 rings (SSSR count). The smallest absolute Gasteiger partial charge is 0.303 e. The molecule has 19 heavy (non-hydrogen) atoms. The van der Waals surface area contributed by atoms with Crippen molar-refractivity contribution in [2.45, 2.75) is 19.3 Å². The third-order valence-electron chi connectivity index (χ3n) is 2.56. The minimum Gasteiger partial charge on any atom is -0.453 e. The van der Waals surface area contributed by atoms with Crippen molar-refractivity contribution in [3.8, 4) is 0 Å². The molecule has 0 amide bonds. The molecule has 1 heterocycles. The average molecular weight is 331 g/mol. The first-order chi connectivity index (χ1) is 8.77. The lowest BCUT2D eigenvalue weighted by molar-refractivity contribution is -0.139. The predicted molar refractivity (Wildman–Crippen MR) is 68.5 cm³/mol. The summed E-state index contributed by atoms with van der Waals surface area (Å²) in [5, 5.41) is 0.661. The average Bonchev–Trinajstić information content (AvgIpc) is 2.70. The van der Waals surface area contributed by atoms with E-state index < -0.39 is 23.9 Å². The van der Waals surface area contributed by atoms with Crippen LogP contribution in [-0.2, 0) is 4.79 Å². The summed E-state index contributed by atoms with van der Waals surface area (Å²) < 4.78 is 31.5. The molecule has 0 aliphatic heterocycles. The van der Waals surface area contributed by atoms with Crippen LogP contribution < -0.4 is 0 Å². The van der Waals surface area contributed by atoms with Gasteiger partial charge in [0.15, 0.2) is 5.76 Å². The van der Waals surface area contributed by atoms with Gasteiger partial charge >= 0.3 is 5.92 Å². The van der Waals surface area contributed by atoms with Crippen LogP contribution in [0.1, 0.15) is 23.9 Å². The number of Topliss-reactive ketones (excluding diaryl/α,β-unsaturated/α-hetero) is 2. The van der Waals surface area contributed by atoms with Gasteiger partial charge in [-0.2, -0.15) is 8.78 Å². The molecular formula is C13H9BrF2O3. The first-order valence-electron chi connectivity index (χ1n) is 5.41. The molecule has 0 radical (unpaired) electrons. The molecule has 0 saturated carbocycles. The van der Waals surface area contributed by atoms with E-state index in [0.717, 1.165) is 4.47 Å². The Morgan fingerprint density at radius 2 is 2.00 bits per heavy atom. The van der Waals surface area contributed by atoms with E-state index in [0.29, 0.717) is 17.9 Å². The summed E-state index contributed by atoms with van der Waals surface area (Å²) in [6, 6.07) is 6.53. The Morgan fingerprint density at radius 1 is 1.32 bits per heavy atom. The van der Waals surface area contributed by atoms with Crippen molar-refractivity contribution in [3.05, 3.63) is 34.5 Å². The summed E-state index contributed by atoms with van der Waals surface area (Å²) in [5.74, 6) is -5.77. The highest BCUT2D eigenvalue weighted by Crippen LogP contribution is 2.25. The summed E-state index contributed by atoms with van der Waals surface area (Å²) in [4.78, 5) is 22.8. The summed E-state index contributed by atoms with van der Waals surface area (Å²) in [7, 11) is 0. The molecule has 100 valence electrons. The Hall–Kier alpha value is -1.56. The van der Waals surface area contributed by atoms with Gasteiger partial charge in [-0.05, 0) is 24.3 Å². The molecule has 2 aromatic rings. The topological polar surface area (TPSA) is 47.3 Å². The van der Waals surface area contributed by atoms with Crippen LogP contribution in [0.2, 0.25) is 0 Å². The molecule has 0 unspecified atom stereocenters. The number of fused-ring (bicyclic) bond motifs is 1. The van der Waals surface area contributed by atoms with Gasteiger partial charge in [-0.1, -0.05) is 15.9 Å². The third-order valence-corrected chi connectivity index (χ3v) is 3.06. The van der Waals surface area contributed by atoms with Crippen molar-refractivity contribution in [1.29, 1.82) is 0 Å². The van der Waals surface area contributed by atoms with Gasteiger partial charge in [-0.15, -0.1) is 0 Å². The molecule has 1 aromatic carbocycles. The minimum absolute atomic E-state index is 0.0919. The summed E-state index contributed by atoms with van der Waals surface area (Å²) in [6.07, 6.45) is -0.871. The largest absolute Gasteiger partial charge is 0.453 e. The van der Waals surface area contributed by atoms with E-state index >= 15 is 0 Å². The molecule has 1 aromatic heterocycles. The maximum Gasteiger partial charge on any atom is 0.303 e. The Morgan fingerprint density at radius 3 is 2.63 bits per heavy atom. The highest BCUT2D eigenvalue weighted by Gasteiger charge is 2.34. The number of carbonyl (C=O) groups is 2. The second-order valence-corrected chi connectivity index (χ2v) is 5.12. The van der Waals surface area contributed by atoms with Crippen LogP contribution in [0.4, 0.5) is 8.78 Å². The lowest BCUT2D eigenvalue weighted by Gasteiger charge is -2.06. The zero-order valence-electron chi connectivity index (χ0n) is 9.88. The van der Waals surface area contributed by atoms with Crippen molar-refractivity contribution >= 4 is 38.5 Å². The van der Waals surface area contributed by atoms with Gasteiger partial charge in [0.25, 0.3) is 0 Å². The zero-order chi connectivity index (χ0) is 14.2. The first kappa shape index (κ1) is 13.9. The SMILES string of the molecule is CC(F)(F)C(=O)CC(=O)c1cc2cc(Br)ccc2o1. The van der Waals surface area contributed by atoms with Crippen molar-refractivity contribution in [1.82, 2.24) is 0 Å². The molecule has 0 aliphatic rings. The number of rotatable bonds is 4. The minimum atomic E-state index is -3.51. The molecule has 0 saturated heterocycles. The zero-order valence-corrected chi connectivity index (χ0v) is 11.5. The number of hydrogen-bond donors (Lipinski definition) is 0. The number of benzene rings is 1. The number of halogens is 3. The fraction of sp³-hybridized carbons (Fsp3) is 0.231. The molecule has 0 bridgehead atoms. The van der Waals surface area contributed by atoms with Crippen molar-refractivity contribution in [3.63, 3.8) is 0 Å². The van der Waals surface area contributed by atoms with Gasteiger partial charge < -0.3 is 4.42 Å². The molecule has 0 aliphatic carbocycles. The standard InChI is InChI=1S/C13H9BrF2O3/c1-13(15,16)12(18)6-9(17)11-5-7-4-8(14)2-3-10(7)19-11/h2-5H,6H2,1H3. The fourth-order valence-electron chi connectivity index (χ4n) is 1.54. The first-order valence-corrected chi connectivity index (χ1v) is 6.20. The van der Waals surface area contributed by atoms with E-state index in [1.807, 2.05) is 0 Å². The van der Waals surface area contributed by atoms with Gasteiger partial charge in [-0.25, -0.2) is 0 Å². The summed E-state index contributed by atoms with van der Waals surface area (Å²) in [6.45, 7) is 0.471. The van der Waals surface area contributed by atoms with Crippen LogP contribution in [0.25, 0.3) is 11.0 Å². The predicted octanol–water partition coefficient (Wildman–Crippen LogP) is 3.99. The highest BCUT2D eigenvalue weighted by atomic mass is 79.9. The van der Waals surface area contributed by atoms with Crippen LogP contribution in [-0.4, -0.2) is 17.5 Å². The monoisotopic (exact) mass is 330 g/mol. The van der Waals surface area contributed by atoms with Crippen LogP contribution in [0.5, 0.6) is 0 Å². The van der Waals surface area contributed by atoms with Gasteiger partial charge in [0.05, 0.1) is 6.42 Å². The summed E-state index contributed by atoms with van der Waals surface area (Å²) in [5.41, 5.74) is 0.460. The van der Waals surface area contributed by atoms with Gasteiger partial charge in [0, 0.05) is 16.8 Å². The Labute approximate surface area is 115 Å². The Kier molecular flexibility index (Phi) is 3.54. The number of ketones is 2. The lowest BCUT2D eigenvalue weighted by Crippen LogP contribution is -2.26. The number of furan rings is 1. The molecule has 0 fully saturated rings. The van der Waals surface area contributed by atoms with Crippen molar-refractivity contribution in [2.24, 2.45) is 0 Å². The quantitative estimate of drug-likeness (QED) is 0.629. The molecule has 0 atom stereocenters. The number of hydrogen-bond acceptors (Lipinski definition) is 3. The Bertz CT molecular complexity index is 655. The molecular weight excluding hydrogens is 322 g/mol. The normalized spacial score (nSPS) is 11.8. The van der Waals surface area contributed by atoms with Crippen molar-refractivity contribution < 1.29 is 22.8 Å². The van der Waals surface area contributed by atoms with Gasteiger partial charge in [0.1, 0.15) is 5.58 Å². The fourth-order valence-corrected chi connectivity index (χ4v) is 1.92. The number of alkyl halides is 2. The van der Waals surface area contributed by atoms with Crippen LogP contribution in [0, 0.1) is 0 Å². The molecule has 3 nitrogen and oxygen atoms in total. The van der Waals surface area contributed by atoms with E-state index in [4.69, 9.17) is 4.42 Å². The maximum atomic E-state index is 12.7. The Balaban J connectivity index is 2.25. The van der Waals surface area contributed by atoms with E-state index in [9.17, 15) is 18.4 Å². The van der Waals surface area contributed by atoms with Crippen LogP contribution in [0.3, 0.4) is 0 Å². The second-order valence-electron chi connectivity index (χ2n) is 4.20. The van der Waals surface area contributed by atoms with E-state index in [-0.39, 0.29) is 5.76 Å². The highest BCUT2D eigenvalue weighted by molar-refractivity contribution is 9.10. The maximum absolute atomic E-state index is 12.7. The van der Waals surface area contributed by atoms with Crippen molar-refractivity contribution in [2.75, 3.05) is 0 Å². The number of carbonyl (C=O) groups excluding carboxylic acids is 2. The summed E-state index contributed by atoms with van der Waals surface area (Å²) >= 11 is 3.27.